The molecule has 0 spiro atoms. The Morgan fingerprint density at radius 2 is 1.96 bits per heavy atom. The van der Waals surface area contributed by atoms with Crippen molar-refractivity contribution in [3.8, 4) is 0 Å². The number of benzene rings is 1. The summed E-state index contributed by atoms with van der Waals surface area (Å²) in [5.41, 5.74) is 5.52. The maximum absolute atomic E-state index is 14.0. The van der Waals surface area contributed by atoms with E-state index in [0.29, 0.717) is 24.9 Å². The van der Waals surface area contributed by atoms with Crippen LogP contribution >= 0.6 is 0 Å². The van der Waals surface area contributed by atoms with Gasteiger partial charge < -0.3 is 11.1 Å². The molecule has 2 aliphatic rings. The van der Waals surface area contributed by atoms with Gasteiger partial charge in [-0.15, -0.1) is 0 Å². The van der Waals surface area contributed by atoms with E-state index in [2.05, 4.69) is 5.32 Å². The van der Waals surface area contributed by atoms with Gasteiger partial charge in [-0.3, -0.25) is 9.10 Å². The first-order chi connectivity index (χ1) is 10.8. The van der Waals surface area contributed by atoms with E-state index in [4.69, 9.17) is 5.73 Å². The van der Waals surface area contributed by atoms with Gasteiger partial charge >= 0.3 is 0 Å². The highest BCUT2D eigenvalue weighted by Gasteiger charge is 2.37. The molecule has 1 saturated carbocycles. The Morgan fingerprint density at radius 3 is 2.57 bits per heavy atom. The van der Waals surface area contributed by atoms with Gasteiger partial charge in [0.15, 0.2) is 0 Å². The molecule has 0 bridgehead atoms. The number of rotatable bonds is 3. The molecule has 0 unspecified atom stereocenters. The van der Waals surface area contributed by atoms with Crippen LogP contribution in [0.3, 0.4) is 0 Å². The molecule has 2 fully saturated rings. The topological polar surface area (TPSA) is 92.5 Å². The first kappa shape index (κ1) is 16.2. The molecular weight excluding hydrogens is 321 g/mol. The Kier molecular flexibility index (Phi) is 4.05. The molecule has 8 heteroatoms. The predicted octanol–water partition coefficient (Wildman–Crippen LogP) is 1.58. The molecule has 6 nitrogen and oxygen atoms in total. The summed E-state index contributed by atoms with van der Waals surface area (Å²) in [4.78, 5) is 12.3. The zero-order valence-corrected chi connectivity index (χ0v) is 13.5. The summed E-state index contributed by atoms with van der Waals surface area (Å²) in [6, 6.07) is 3.93. The van der Waals surface area contributed by atoms with Crippen LogP contribution in [0.4, 0.5) is 15.8 Å². The van der Waals surface area contributed by atoms with Gasteiger partial charge in [0, 0.05) is 12.2 Å². The van der Waals surface area contributed by atoms with Gasteiger partial charge in [0.1, 0.15) is 5.82 Å². The summed E-state index contributed by atoms with van der Waals surface area (Å²) in [7, 11) is -3.48. The first-order valence-electron chi connectivity index (χ1n) is 7.72. The van der Waals surface area contributed by atoms with Crippen LogP contribution in [0.2, 0.25) is 0 Å². The third-order valence-corrected chi connectivity index (χ3v) is 6.38. The minimum Gasteiger partial charge on any atom is -0.324 e. The van der Waals surface area contributed by atoms with Crippen LogP contribution in [0, 0.1) is 5.82 Å². The third-order valence-electron chi connectivity index (χ3n) is 4.52. The molecule has 126 valence electrons. The number of nitrogens with one attached hydrogen (secondary N) is 1. The van der Waals surface area contributed by atoms with Crippen molar-refractivity contribution < 1.29 is 17.6 Å². The Hall–Kier alpha value is -1.67. The largest absolute Gasteiger partial charge is 0.324 e. The lowest BCUT2D eigenvalue weighted by molar-refractivity contribution is -0.121. The van der Waals surface area contributed by atoms with E-state index in [1.165, 1.54) is 12.1 Å². The quantitative estimate of drug-likeness (QED) is 0.873. The summed E-state index contributed by atoms with van der Waals surface area (Å²) in [5, 5.41) is 2.69. The predicted molar refractivity (Wildman–Crippen MR) is 86.2 cm³/mol. The highest BCUT2D eigenvalue weighted by Crippen LogP contribution is 2.31. The molecular formula is C15H20FN3O3S. The Bertz CT molecular complexity index is 729. The van der Waals surface area contributed by atoms with Gasteiger partial charge in [0.05, 0.1) is 17.0 Å². The molecule has 0 atom stereocenters. The van der Waals surface area contributed by atoms with E-state index in [-0.39, 0.29) is 23.9 Å². The smallest absolute Gasteiger partial charge is 0.244 e. The number of anilines is 2. The van der Waals surface area contributed by atoms with E-state index < -0.39 is 21.4 Å². The number of nitrogens with two attached hydrogens (primary N) is 1. The van der Waals surface area contributed by atoms with Crippen LogP contribution in [-0.4, -0.2) is 32.2 Å². The standard InChI is InChI=1S/C15H20FN3O3S/c16-12-5-4-11(18-14(20)15(17)6-1-2-7-15)10-13(12)19-8-3-9-23(19,21)22/h4-5,10H,1-3,6-9,17H2,(H,18,20). The minimum absolute atomic E-state index is 0.00887. The number of amides is 1. The normalized spacial score (nSPS) is 22.3. The maximum atomic E-state index is 14.0. The van der Waals surface area contributed by atoms with Crippen LogP contribution in [0.15, 0.2) is 18.2 Å². The Balaban J connectivity index is 1.85. The van der Waals surface area contributed by atoms with E-state index in [1.54, 1.807) is 0 Å². The molecule has 23 heavy (non-hydrogen) atoms. The van der Waals surface area contributed by atoms with Gasteiger partial charge in [0.2, 0.25) is 15.9 Å². The molecule has 1 saturated heterocycles. The van der Waals surface area contributed by atoms with Crippen molar-refractivity contribution in [2.75, 3.05) is 21.9 Å². The number of halogens is 1. The average molecular weight is 341 g/mol. The number of carbonyl (C=O) groups excluding carboxylic acids is 1. The van der Waals surface area contributed by atoms with Crippen LogP contribution < -0.4 is 15.4 Å². The molecule has 0 aromatic heterocycles. The molecule has 1 aliphatic heterocycles. The van der Waals surface area contributed by atoms with E-state index in [0.717, 1.165) is 23.2 Å². The van der Waals surface area contributed by atoms with Crippen molar-refractivity contribution in [2.24, 2.45) is 5.73 Å². The van der Waals surface area contributed by atoms with Crippen molar-refractivity contribution >= 4 is 27.3 Å². The summed E-state index contributed by atoms with van der Waals surface area (Å²) in [6.45, 7) is 0.247. The highest BCUT2D eigenvalue weighted by atomic mass is 32.2. The van der Waals surface area contributed by atoms with Gasteiger partial charge in [-0.1, -0.05) is 12.8 Å². The summed E-state index contributed by atoms with van der Waals surface area (Å²) in [5.74, 6) is -0.928. The SMILES string of the molecule is NC1(C(=O)Nc2ccc(F)c(N3CCCS3(=O)=O)c2)CCCC1. The van der Waals surface area contributed by atoms with Crippen molar-refractivity contribution in [1.29, 1.82) is 0 Å². The average Bonchev–Trinajstić information content (AvgIpc) is 3.07. The van der Waals surface area contributed by atoms with Crippen molar-refractivity contribution in [1.82, 2.24) is 0 Å². The van der Waals surface area contributed by atoms with Gasteiger partial charge in [0.25, 0.3) is 0 Å². The van der Waals surface area contributed by atoms with Crippen molar-refractivity contribution in [3.63, 3.8) is 0 Å². The fraction of sp³-hybridized carbons (Fsp3) is 0.533. The summed E-state index contributed by atoms with van der Waals surface area (Å²) >= 11 is 0. The summed E-state index contributed by atoms with van der Waals surface area (Å²) < 4.78 is 39.0. The fourth-order valence-corrected chi connectivity index (χ4v) is 4.74. The van der Waals surface area contributed by atoms with Gasteiger partial charge in [-0.2, -0.15) is 0 Å². The fourth-order valence-electron chi connectivity index (χ4n) is 3.18. The second kappa shape index (κ2) is 5.76. The van der Waals surface area contributed by atoms with E-state index in [9.17, 15) is 17.6 Å². The molecule has 0 radical (unpaired) electrons. The van der Waals surface area contributed by atoms with Crippen LogP contribution in [0.1, 0.15) is 32.1 Å². The first-order valence-corrected chi connectivity index (χ1v) is 9.33. The number of sulfonamides is 1. The van der Waals surface area contributed by atoms with Crippen LogP contribution in [0.25, 0.3) is 0 Å². The molecule has 1 aliphatic carbocycles. The second-order valence-electron chi connectivity index (χ2n) is 6.23. The molecule has 1 heterocycles. The molecule has 1 amide bonds. The Morgan fingerprint density at radius 1 is 1.26 bits per heavy atom. The number of hydrogen-bond donors (Lipinski definition) is 2. The number of carbonyl (C=O) groups is 1. The van der Waals surface area contributed by atoms with Gasteiger partial charge in [-0.05, 0) is 37.5 Å². The molecule has 3 N–H and O–H groups in total. The van der Waals surface area contributed by atoms with Crippen LogP contribution in [-0.2, 0) is 14.8 Å². The zero-order chi connectivity index (χ0) is 16.7. The second-order valence-corrected chi connectivity index (χ2v) is 8.24. The monoisotopic (exact) mass is 341 g/mol. The van der Waals surface area contributed by atoms with Crippen LogP contribution in [0.5, 0.6) is 0 Å². The van der Waals surface area contributed by atoms with Crippen molar-refractivity contribution in [3.05, 3.63) is 24.0 Å². The lowest BCUT2D eigenvalue weighted by Gasteiger charge is -2.23. The lowest BCUT2D eigenvalue weighted by atomic mass is 9.98. The summed E-state index contributed by atoms with van der Waals surface area (Å²) in [6.07, 6.45) is 3.51. The lowest BCUT2D eigenvalue weighted by Crippen LogP contribution is -2.48. The molecule has 1 aromatic rings. The van der Waals surface area contributed by atoms with E-state index >= 15 is 0 Å². The highest BCUT2D eigenvalue weighted by molar-refractivity contribution is 7.93. The van der Waals surface area contributed by atoms with Crippen molar-refractivity contribution in [2.45, 2.75) is 37.6 Å². The third kappa shape index (κ3) is 3.05. The van der Waals surface area contributed by atoms with E-state index in [1.807, 2.05) is 0 Å². The maximum Gasteiger partial charge on any atom is 0.244 e. The molecule has 3 rings (SSSR count). The Labute approximate surface area is 134 Å². The minimum atomic E-state index is -3.48. The number of nitrogens with zero attached hydrogens (tertiary/aromatic N) is 1. The van der Waals surface area contributed by atoms with Gasteiger partial charge in [-0.25, -0.2) is 12.8 Å². The zero-order valence-electron chi connectivity index (χ0n) is 12.7. The molecule has 1 aromatic carbocycles. The number of hydrogen-bond acceptors (Lipinski definition) is 4.